The number of fused-ring (bicyclic) bond motifs is 1. The normalized spacial score (nSPS) is 13.9. The molecule has 2 aromatic rings. The Morgan fingerprint density at radius 3 is 2.60 bits per heavy atom. The summed E-state index contributed by atoms with van der Waals surface area (Å²) in [5.74, 6) is 0.0581. The van der Waals surface area contributed by atoms with Crippen molar-refractivity contribution in [3.8, 4) is 0 Å². The van der Waals surface area contributed by atoms with E-state index >= 15 is 0 Å². The topological polar surface area (TPSA) is 55.1 Å². The van der Waals surface area contributed by atoms with Crippen molar-refractivity contribution < 1.29 is 4.79 Å². The molecular weight excluding hydrogens is 248 g/mol. The number of carbonyl (C=O) groups is 1. The fourth-order valence-electron chi connectivity index (χ4n) is 2.38. The van der Waals surface area contributed by atoms with Crippen molar-refractivity contribution in [2.75, 3.05) is 0 Å². The molecule has 0 aliphatic rings. The molecule has 0 aliphatic heterocycles. The quantitative estimate of drug-likeness (QED) is 0.877. The fraction of sp³-hybridized carbons (Fsp3) is 0.353. The minimum Gasteiger partial charge on any atom is -0.350 e. The van der Waals surface area contributed by atoms with Gasteiger partial charge < -0.3 is 11.1 Å². The van der Waals surface area contributed by atoms with E-state index in [4.69, 9.17) is 5.73 Å². The maximum Gasteiger partial charge on any atom is 0.220 e. The molecule has 0 heterocycles. The van der Waals surface area contributed by atoms with Crippen molar-refractivity contribution in [3.05, 3.63) is 48.0 Å². The third kappa shape index (κ3) is 3.58. The zero-order valence-electron chi connectivity index (χ0n) is 12.1. The van der Waals surface area contributed by atoms with Gasteiger partial charge in [-0.05, 0) is 36.6 Å². The van der Waals surface area contributed by atoms with Crippen LogP contribution in [0, 0.1) is 0 Å². The molecule has 2 rings (SSSR count). The summed E-state index contributed by atoms with van der Waals surface area (Å²) in [6.45, 7) is 3.94. The van der Waals surface area contributed by atoms with Crippen LogP contribution >= 0.6 is 0 Å². The molecule has 0 spiro atoms. The van der Waals surface area contributed by atoms with Gasteiger partial charge in [-0.25, -0.2) is 0 Å². The van der Waals surface area contributed by atoms with Crippen LogP contribution in [0.4, 0.5) is 0 Å². The molecule has 3 N–H and O–H groups in total. The molecular formula is C17H22N2O. The lowest BCUT2D eigenvalue weighted by Gasteiger charge is -2.17. The molecule has 0 saturated carbocycles. The average molecular weight is 270 g/mol. The highest BCUT2D eigenvalue weighted by atomic mass is 16.1. The van der Waals surface area contributed by atoms with E-state index in [9.17, 15) is 4.79 Å². The summed E-state index contributed by atoms with van der Waals surface area (Å²) in [6, 6.07) is 14.5. The van der Waals surface area contributed by atoms with E-state index in [2.05, 4.69) is 29.6 Å². The zero-order valence-corrected chi connectivity index (χ0v) is 12.1. The van der Waals surface area contributed by atoms with Gasteiger partial charge in [0.05, 0.1) is 6.04 Å². The lowest BCUT2D eigenvalue weighted by molar-refractivity contribution is -0.121. The molecule has 2 unspecified atom stereocenters. The Labute approximate surface area is 120 Å². The maximum absolute atomic E-state index is 11.9. The molecule has 106 valence electrons. The van der Waals surface area contributed by atoms with E-state index < -0.39 is 0 Å². The summed E-state index contributed by atoms with van der Waals surface area (Å²) in [5.41, 5.74) is 6.83. The van der Waals surface area contributed by atoms with Crippen LogP contribution in [0.1, 0.15) is 38.3 Å². The van der Waals surface area contributed by atoms with Crippen LogP contribution in [0.15, 0.2) is 42.5 Å². The van der Waals surface area contributed by atoms with Gasteiger partial charge in [-0.2, -0.15) is 0 Å². The van der Waals surface area contributed by atoms with Crippen molar-refractivity contribution in [3.63, 3.8) is 0 Å². The number of nitrogens with one attached hydrogen (secondary N) is 1. The number of hydrogen-bond acceptors (Lipinski definition) is 2. The Bertz CT molecular complexity index is 587. The monoisotopic (exact) mass is 270 g/mol. The third-order valence-electron chi connectivity index (χ3n) is 3.49. The number of rotatable bonds is 5. The first-order valence-electron chi connectivity index (χ1n) is 7.10. The SMILES string of the molecule is CC(N)CCC(=O)NC(C)c1cccc2ccccc12. The van der Waals surface area contributed by atoms with Gasteiger partial charge in [0.2, 0.25) is 5.91 Å². The van der Waals surface area contributed by atoms with Gasteiger partial charge in [-0.3, -0.25) is 4.79 Å². The summed E-state index contributed by atoms with van der Waals surface area (Å²) in [7, 11) is 0. The van der Waals surface area contributed by atoms with Gasteiger partial charge in [0.15, 0.2) is 0 Å². The second-order valence-corrected chi connectivity index (χ2v) is 5.37. The summed E-state index contributed by atoms with van der Waals surface area (Å²) in [4.78, 5) is 11.9. The van der Waals surface area contributed by atoms with Gasteiger partial charge in [0.1, 0.15) is 0 Å². The van der Waals surface area contributed by atoms with Gasteiger partial charge in [0, 0.05) is 12.5 Å². The van der Waals surface area contributed by atoms with E-state index in [-0.39, 0.29) is 18.0 Å². The summed E-state index contributed by atoms with van der Waals surface area (Å²) >= 11 is 0. The summed E-state index contributed by atoms with van der Waals surface area (Å²) in [5, 5.41) is 5.43. The Hall–Kier alpha value is -1.87. The van der Waals surface area contributed by atoms with Gasteiger partial charge in [-0.1, -0.05) is 42.5 Å². The molecule has 0 aromatic heterocycles. The summed E-state index contributed by atoms with van der Waals surface area (Å²) in [6.07, 6.45) is 1.20. The molecule has 2 aromatic carbocycles. The minimum atomic E-state index is 0.00156. The van der Waals surface area contributed by atoms with Crippen LogP contribution in [0.3, 0.4) is 0 Å². The zero-order chi connectivity index (χ0) is 14.5. The van der Waals surface area contributed by atoms with Crippen molar-refractivity contribution in [2.45, 2.75) is 38.8 Å². The predicted molar refractivity (Wildman–Crippen MR) is 83.4 cm³/mol. The molecule has 0 fully saturated rings. The number of benzene rings is 2. The molecule has 3 heteroatoms. The highest BCUT2D eigenvalue weighted by Crippen LogP contribution is 2.24. The van der Waals surface area contributed by atoms with Crippen LogP contribution in [0.5, 0.6) is 0 Å². The van der Waals surface area contributed by atoms with Crippen molar-refractivity contribution in [1.29, 1.82) is 0 Å². The maximum atomic E-state index is 11.9. The Morgan fingerprint density at radius 2 is 1.85 bits per heavy atom. The second-order valence-electron chi connectivity index (χ2n) is 5.37. The Kier molecular flexibility index (Phi) is 4.74. The molecule has 0 saturated heterocycles. The number of carbonyl (C=O) groups excluding carboxylic acids is 1. The van der Waals surface area contributed by atoms with Crippen molar-refractivity contribution >= 4 is 16.7 Å². The Balaban J connectivity index is 2.11. The van der Waals surface area contributed by atoms with Crippen molar-refractivity contribution in [1.82, 2.24) is 5.32 Å². The molecule has 3 nitrogen and oxygen atoms in total. The van der Waals surface area contributed by atoms with Crippen LogP contribution in [-0.4, -0.2) is 11.9 Å². The second kappa shape index (κ2) is 6.53. The lowest BCUT2D eigenvalue weighted by Crippen LogP contribution is -2.28. The molecule has 1 amide bonds. The first kappa shape index (κ1) is 14.5. The first-order chi connectivity index (χ1) is 9.58. The van der Waals surface area contributed by atoms with E-state index in [1.165, 1.54) is 10.8 Å². The molecule has 20 heavy (non-hydrogen) atoms. The molecule has 0 aliphatic carbocycles. The van der Waals surface area contributed by atoms with Gasteiger partial charge >= 0.3 is 0 Å². The average Bonchev–Trinajstić information content (AvgIpc) is 2.44. The van der Waals surface area contributed by atoms with Crippen LogP contribution in [-0.2, 0) is 4.79 Å². The Morgan fingerprint density at radius 1 is 1.15 bits per heavy atom. The van der Waals surface area contributed by atoms with Crippen LogP contribution < -0.4 is 11.1 Å². The van der Waals surface area contributed by atoms with E-state index in [0.29, 0.717) is 12.8 Å². The number of nitrogens with two attached hydrogens (primary N) is 1. The van der Waals surface area contributed by atoms with Crippen molar-refractivity contribution in [2.24, 2.45) is 5.73 Å². The van der Waals surface area contributed by atoms with Crippen LogP contribution in [0.2, 0.25) is 0 Å². The highest BCUT2D eigenvalue weighted by Gasteiger charge is 2.12. The largest absolute Gasteiger partial charge is 0.350 e. The first-order valence-corrected chi connectivity index (χ1v) is 7.10. The fourth-order valence-corrected chi connectivity index (χ4v) is 2.38. The highest BCUT2D eigenvalue weighted by molar-refractivity contribution is 5.86. The third-order valence-corrected chi connectivity index (χ3v) is 3.49. The predicted octanol–water partition coefficient (Wildman–Crippen LogP) is 3.14. The van der Waals surface area contributed by atoms with E-state index in [1.807, 2.05) is 32.0 Å². The van der Waals surface area contributed by atoms with E-state index in [0.717, 1.165) is 5.56 Å². The number of amides is 1. The van der Waals surface area contributed by atoms with Gasteiger partial charge in [0.25, 0.3) is 0 Å². The minimum absolute atomic E-state index is 0.00156. The lowest BCUT2D eigenvalue weighted by atomic mass is 9.99. The molecule has 0 radical (unpaired) electrons. The standard InChI is InChI=1S/C17H22N2O/c1-12(18)10-11-17(20)19-13(2)15-9-5-7-14-6-3-4-8-16(14)15/h3-9,12-13H,10-11,18H2,1-2H3,(H,19,20). The van der Waals surface area contributed by atoms with E-state index in [1.54, 1.807) is 0 Å². The number of hydrogen-bond donors (Lipinski definition) is 2. The van der Waals surface area contributed by atoms with Crippen LogP contribution in [0.25, 0.3) is 10.8 Å². The van der Waals surface area contributed by atoms with Gasteiger partial charge in [-0.15, -0.1) is 0 Å². The summed E-state index contributed by atoms with van der Waals surface area (Å²) < 4.78 is 0. The smallest absolute Gasteiger partial charge is 0.220 e. The molecule has 0 bridgehead atoms. The molecule has 2 atom stereocenters.